The highest BCUT2D eigenvalue weighted by atomic mass is 16.3. The summed E-state index contributed by atoms with van der Waals surface area (Å²) in [5, 5.41) is 21.3. The molecule has 0 aromatic heterocycles. The maximum atomic E-state index is 9.61. The van der Waals surface area contributed by atoms with Crippen LogP contribution in [0.4, 0.5) is 11.4 Å². The lowest BCUT2D eigenvalue weighted by Crippen LogP contribution is -1.91. The van der Waals surface area contributed by atoms with E-state index in [1.54, 1.807) is 18.2 Å². The second-order valence-electron chi connectivity index (χ2n) is 3.67. The van der Waals surface area contributed by atoms with E-state index in [0.717, 1.165) is 11.3 Å². The normalized spacial score (nSPS) is 9.59. The van der Waals surface area contributed by atoms with E-state index in [1.165, 1.54) is 0 Å². The van der Waals surface area contributed by atoms with Gasteiger partial charge in [0.15, 0.2) is 0 Å². The molecule has 0 unspecified atom stereocenters. The van der Waals surface area contributed by atoms with Crippen molar-refractivity contribution in [1.29, 1.82) is 5.26 Å². The molecule has 84 valence electrons. The van der Waals surface area contributed by atoms with Crippen molar-refractivity contribution in [2.24, 2.45) is 0 Å². The van der Waals surface area contributed by atoms with Crippen LogP contribution in [0.25, 0.3) is 0 Å². The number of aromatic hydroxyl groups is 1. The number of anilines is 2. The zero-order valence-corrected chi connectivity index (χ0v) is 9.22. The summed E-state index contributed by atoms with van der Waals surface area (Å²) in [6, 6.07) is 16.7. The minimum atomic E-state index is 0.216. The first-order valence-electron chi connectivity index (χ1n) is 5.30. The minimum absolute atomic E-state index is 0.216. The second-order valence-corrected chi connectivity index (χ2v) is 3.67. The molecule has 2 aromatic rings. The molecule has 0 spiro atoms. The van der Waals surface area contributed by atoms with Gasteiger partial charge in [0, 0.05) is 5.69 Å². The number of benzene rings is 2. The molecule has 0 aliphatic rings. The molecule has 0 saturated carbocycles. The zero-order valence-electron chi connectivity index (χ0n) is 9.22. The van der Waals surface area contributed by atoms with Crippen molar-refractivity contribution >= 4 is 11.4 Å². The van der Waals surface area contributed by atoms with E-state index in [9.17, 15) is 5.11 Å². The van der Waals surface area contributed by atoms with Gasteiger partial charge in [-0.15, -0.1) is 0 Å². The number of phenolic OH excluding ortho intramolecular Hbond substituents is 1. The first-order chi connectivity index (χ1) is 8.29. The molecule has 3 heteroatoms. The second kappa shape index (κ2) is 5.04. The molecule has 0 bridgehead atoms. The number of nitrogens with one attached hydrogen (secondary N) is 1. The van der Waals surface area contributed by atoms with Gasteiger partial charge in [-0.25, -0.2) is 0 Å². The lowest BCUT2D eigenvalue weighted by molar-refractivity contribution is 0.478. The average Bonchev–Trinajstić information content (AvgIpc) is 2.35. The van der Waals surface area contributed by atoms with Crippen LogP contribution >= 0.6 is 0 Å². The molecule has 0 aliphatic carbocycles. The van der Waals surface area contributed by atoms with Crippen LogP contribution in [-0.4, -0.2) is 5.11 Å². The minimum Gasteiger partial charge on any atom is -0.506 e. The first kappa shape index (κ1) is 11.0. The van der Waals surface area contributed by atoms with Crippen LogP contribution in [0.2, 0.25) is 0 Å². The van der Waals surface area contributed by atoms with Crippen LogP contribution in [0.1, 0.15) is 5.56 Å². The van der Waals surface area contributed by atoms with Gasteiger partial charge in [-0.1, -0.05) is 24.3 Å². The molecule has 0 radical (unpaired) electrons. The van der Waals surface area contributed by atoms with Gasteiger partial charge in [0.2, 0.25) is 0 Å². The Morgan fingerprint density at radius 3 is 2.41 bits per heavy atom. The number of hydrogen-bond acceptors (Lipinski definition) is 3. The molecule has 17 heavy (non-hydrogen) atoms. The van der Waals surface area contributed by atoms with Gasteiger partial charge in [-0.3, -0.25) is 0 Å². The van der Waals surface area contributed by atoms with E-state index in [4.69, 9.17) is 5.26 Å². The molecule has 0 aliphatic heterocycles. The van der Waals surface area contributed by atoms with Crippen LogP contribution in [-0.2, 0) is 6.42 Å². The fourth-order valence-electron chi connectivity index (χ4n) is 1.53. The summed E-state index contributed by atoms with van der Waals surface area (Å²) in [5.41, 5.74) is 2.53. The third-order valence-electron chi connectivity index (χ3n) is 2.42. The summed E-state index contributed by atoms with van der Waals surface area (Å²) in [7, 11) is 0. The highest BCUT2D eigenvalue weighted by Gasteiger charge is 1.99. The smallest absolute Gasteiger partial charge is 0.139 e. The summed E-state index contributed by atoms with van der Waals surface area (Å²) < 4.78 is 0. The summed E-state index contributed by atoms with van der Waals surface area (Å²) in [5.74, 6) is 0.216. The molecule has 0 fully saturated rings. The van der Waals surface area contributed by atoms with Crippen molar-refractivity contribution in [1.82, 2.24) is 0 Å². The molecule has 0 heterocycles. The Kier molecular flexibility index (Phi) is 3.27. The highest BCUT2D eigenvalue weighted by molar-refractivity contribution is 5.65. The molecule has 3 nitrogen and oxygen atoms in total. The summed E-state index contributed by atoms with van der Waals surface area (Å²) in [6.07, 6.45) is 0.414. The molecule has 2 rings (SSSR count). The standard InChI is InChI=1S/C14H12N2O/c15-10-9-11-5-7-12(8-6-11)16-13-3-1-2-4-14(13)17/h1-8,16-17H,9H2. The van der Waals surface area contributed by atoms with Crippen LogP contribution in [0.15, 0.2) is 48.5 Å². The van der Waals surface area contributed by atoms with E-state index in [2.05, 4.69) is 11.4 Å². The quantitative estimate of drug-likeness (QED) is 0.787. The lowest BCUT2D eigenvalue weighted by Gasteiger charge is -2.08. The van der Waals surface area contributed by atoms with Gasteiger partial charge in [0.1, 0.15) is 5.75 Å². The molecule has 0 saturated heterocycles. The van der Waals surface area contributed by atoms with Gasteiger partial charge >= 0.3 is 0 Å². The zero-order chi connectivity index (χ0) is 12.1. The molecule has 0 amide bonds. The SMILES string of the molecule is N#CCc1ccc(Nc2ccccc2O)cc1. The summed E-state index contributed by atoms with van der Waals surface area (Å²) in [6.45, 7) is 0. The van der Waals surface area contributed by atoms with E-state index in [0.29, 0.717) is 12.1 Å². The van der Waals surface area contributed by atoms with Crippen molar-refractivity contribution < 1.29 is 5.11 Å². The number of nitriles is 1. The van der Waals surface area contributed by atoms with E-state index in [1.807, 2.05) is 30.3 Å². The number of hydrogen-bond donors (Lipinski definition) is 2. The summed E-state index contributed by atoms with van der Waals surface area (Å²) >= 11 is 0. The molecule has 0 atom stereocenters. The fourth-order valence-corrected chi connectivity index (χ4v) is 1.53. The van der Waals surface area contributed by atoms with E-state index < -0.39 is 0 Å². The summed E-state index contributed by atoms with van der Waals surface area (Å²) in [4.78, 5) is 0. The average molecular weight is 224 g/mol. The Bertz CT molecular complexity index is 541. The van der Waals surface area contributed by atoms with E-state index >= 15 is 0 Å². The van der Waals surface area contributed by atoms with Crippen molar-refractivity contribution in [2.75, 3.05) is 5.32 Å². The van der Waals surface area contributed by atoms with Gasteiger partial charge < -0.3 is 10.4 Å². The van der Waals surface area contributed by atoms with E-state index in [-0.39, 0.29) is 5.75 Å². The lowest BCUT2D eigenvalue weighted by atomic mass is 10.1. The number of phenols is 1. The molecular formula is C14H12N2O. The molecular weight excluding hydrogens is 212 g/mol. The maximum absolute atomic E-state index is 9.61. The number of nitrogens with zero attached hydrogens (tertiary/aromatic N) is 1. The monoisotopic (exact) mass is 224 g/mol. The Balaban J connectivity index is 2.15. The Morgan fingerprint density at radius 2 is 1.76 bits per heavy atom. The third kappa shape index (κ3) is 2.76. The van der Waals surface area contributed by atoms with Crippen LogP contribution in [0, 0.1) is 11.3 Å². The topological polar surface area (TPSA) is 56.0 Å². The fraction of sp³-hybridized carbons (Fsp3) is 0.0714. The Hall–Kier alpha value is -2.47. The van der Waals surface area contributed by atoms with Crippen molar-refractivity contribution in [3.63, 3.8) is 0 Å². The maximum Gasteiger partial charge on any atom is 0.139 e. The number of rotatable bonds is 3. The van der Waals surface area contributed by atoms with Gasteiger partial charge in [-0.05, 0) is 29.8 Å². The van der Waals surface area contributed by atoms with Gasteiger partial charge in [-0.2, -0.15) is 5.26 Å². The highest BCUT2D eigenvalue weighted by Crippen LogP contribution is 2.25. The van der Waals surface area contributed by atoms with Crippen molar-refractivity contribution in [3.05, 3.63) is 54.1 Å². The predicted molar refractivity (Wildman–Crippen MR) is 67.1 cm³/mol. The van der Waals surface area contributed by atoms with Gasteiger partial charge in [0.05, 0.1) is 18.2 Å². The largest absolute Gasteiger partial charge is 0.506 e. The Labute approximate surface area is 100.0 Å². The van der Waals surface area contributed by atoms with Gasteiger partial charge in [0.25, 0.3) is 0 Å². The van der Waals surface area contributed by atoms with Crippen LogP contribution in [0.5, 0.6) is 5.75 Å². The van der Waals surface area contributed by atoms with Crippen molar-refractivity contribution in [2.45, 2.75) is 6.42 Å². The van der Waals surface area contributed by atoms with Crippen LogP contribution in [0.3, 0.4) is 0 Å². The number of para-hydroxylation sites is 2. The van der Waals surface area contributed by atoms with Crippen LogP contribution < -0.4 is 5.32 Å². The molecule has 2 aromatic carbocycles. The van der Waals surface area contributed by atoms with Crippen molar-refractivity contribution in [3.8, 4) is 11.8 Å². The first-order valence-corrected chi connectivity index (χ1v) is 5.30. The third-order valence-corrected chi connectivity index (χ3v) is 2.42. The molecule has 2 N–H and O–H groups in total. The Morgan fingerprint density at radius 1 is 1.06 bits per heavy atom. The predicted octanol–water partition coefficient (Wildman–Crippen LogP) is 3.20.